The fraction of sp³-hybridized carbons (Fsp3) is 0.409. The van der Waals surface area contributed by atoms with Gasteiger partial charge in [-0.05, 0) is 36.6 Å². The van der Waals surface area contributed by atoms with Crippen LogP contribution in [-0.4, -0.2) is 47.7 Å². The molecule has 4 rings (SSSR count). The number of ether oxygens (including phenoxy) is 1. The zero-order valence-electron chi connectivity index (χ0n) is 16.0. The number of methoxy groups -OCH3 is 1. The van der Waals surface area contributed by atoms with Gasteiger partial charge in [0.25, 0.3) is 0 Å². The van der Waals surface area contributed by atoms with Crippen LogP contribution >= 0.6 is 23.4 Å². The molecule has 1 atom stereocenters. The van der Waals surface area contributed by atoms with E-state index in [1.165, 1.54) is 18.4 Å². The van der Waals surface area contributed by atoms with Gasteiger partial charge in [-0.1, -0.05) is 41.9 Å². The highest BCUT2D eigenvalue weighted by Gasteiger charge is 2.35. The fourth-order valence-corrected chi connectivity index (χ4v) is 5.30. The maximum atomic E-state index is 13.2. The van der Waals surface area contributed by atoms with E-state index in [0.717, 1.165) is 35.2 Å². The summed E-state index contributed by atoms with van der Waals surface area (Å²) in [5, 5.41) is 0.745. The highest BCUT2D eigenvalue weighted by atomic mass is 35.5. The summed E-state index contributed by atoms with van der Waals surface area (Å²) in [4.78, 5) is 17.5. The van der Waals surface area contributed by atoms with E-state index in [-0.39, 0.29) is 11.3 Å². The second-order valence-corrected chi connectivity index (χ2v) is 8.91. The molecule has 1 aliphatic carbocycles. The molecule has 28 heavy (non-hydrogen) atoms. The Morgan fingerprint density at radius 2 is 2.07 bits per heavy atom. The van der Waals surface area contributed by atoms with Crippen LogP contribution in [0.15, 0.2) is 48.5 Å². The summed E-state index contributed by atoms with van der Waals surface area (Å²) in [5.74, 6) is 1.99. The molecule has 1 aliphatic heterocycles. The van der Waals surface area contributed by atoms with Gasteiger partial charge in [0, 0.05) is 35.5 Å². The minimum absolute atomic E-state index is 0.0130. The van der Waals surface area contributed by atoms with E-state index in [9.17, 15) is 4.79 Å². The second kappa shape index (κ2) is 8.76. The number of thioether (sulfide) groups is 1. The molecule has 1 amide bonds. The van der Waals surface area contributed by atoms with E-state index in [4.69, 9.17) is 16.3 Å². The fourth-order valence-electron chi connectivity index (χ4n) is 3.68. The topological polar surface area (TPSA) is 32.8 Å². The normalized spacial score (nSPS) is 19.2. The molecule has 4 nitrogen and oxygen atoms in total. The summed E-state index contributed by atoms with van der Waals surface area (Å²) in [6.07, 6.45) is 2.33. The van der Waals surface area contributed by atoms with Crippen LogP contribution < -0.4 is 4.74 Å². The van der Waals surface area contributed by atoms with Gasteiger partial charge in [-0.15, -0.1) is 11.8 Å². The van der Waals surface area contributed by atoms with Crippen molar-refractivity contribution < 1.29 is 9.53 Å². The lowest BCUT2D eigenvalue weighted by molar-refractivity contribution is -0.132. The average molecular weight is 417 g/mol. The van der Waals surface area contributed by atoms with E-state index in [1.807, 2.05) is 41.3 Å². The number of carbonyl (C=O) groups excluding carboxylic acids is 1. The first-order valence-corrected chi connectivity index (χ1v) is 11.1. The molecule has 0 aromatic heterocycles. The lowest BCUT2D eigenvalue weighted by Crippen LogP contribution is -2.40. The highest BCUT2D eigenvalue weighted by molar-refractivity contribution is 7.99. The molecular formula is C22H25ClN2O2S. The van der Waals surface area contributed by atoms with E-state index in [1.54, 1.807) is 18.9 Å². The average Bonchev–Trinajstić information content (AvgIpc) is 3.44. The van der Waals surface area contributed by atoms with Crippen molar-refractivity contribution in [3.8, 4) is 5.75 Å². The smallest absolute Gasteiger partial charge is 0.237 e. The Morgan fingerprint density at radius 1 is 1.25 bits per heavy atom. The van der Waals surface area contributed by atoms with Gasteiger partial charge in [-0.25, -0.2) is 0 Å². The molecule has 6 heteroatoms. The van der Waals surface area contributed by atoms with Gasteiger partial charge in [-0.3, -0.25) is 9.69 Å². The van der Waals surface area contributed by atoms with Crippen molar-refractivity contribution in [1.82, 2.24) is 9.80 Å². The van der Waals surface area contributed by atoms with Crippen LogP contribution in [0.1, 0.15) is 29.3 Å². The van der Waals surface area contributed by atoms with Crippen LogP contribution in [0.25, 0.3) is 0 Å². The Hall–Kier alpha value is -1.69. The van der Waals surface area contributed by atoms with Gasteiger partial charge in [0.15, 0.2) is 0 Å². The Kier molecular flexibility index (Phi) is 6.14. The van der Waals surface area contributed by atoms with Gasteiger partial charge in [-0.2, -0.15) is 0 Å². The Bertz CT molecular complexity index is 843. The molecule has 1 saturated carbocycles. The number of benzene rings is 2. The SMILES string of the molecule is COc1cccc(CN(CC(=O)N2CCS[C@H]2c2ccccc2Cl)C2CC2)c1. The molecule has 0 bridgehead atoms. The summed E-state index contributed by atoms with van der Waals surface area (Å²) < 4.78 is 5.34. The lowest BCUT2D eigenvalue weighted by atomic mass is 10.2. The minimum atomic E-state index is 0.0130. The van der Waals surface area contributed by atoms with E-state index in [2.05, 4.69) is 17.0 Å². The molecule has 2 aromatic carbocycles. The zero-order valence-corrected chi connectivity index (χ0v) is 17.6. The zero-order chi connectivity index (χ0) is 19.5. The Labute approximate surface area is 175 Å². The molecule has 2 aliphatic rings. The van der Waals surface area contributed by atoms with Crippen LogP contribution in [0.5, 0.6) is 5.75 Å². The number of carbonyl (C=O) groups is 1. The minimum Gasteiger partial charge on any atom is -0.497 e. The van der Waals surface area contributed by atoms with Crippen LogP contribution in [-0.2, 0) is 11.3 Å². The van der Waals surface area contributed by atoms with E-state index < -0.39 is 0 Å². The van der Waals surface area contributed by atoms with Crippen molar-refractivity contribution in [2.24, 2.45) is 0 Å². The third kappa shape index (κ3) is 4.48. The molecule has 0 radical (unpaired) electrons. The Balaban J connectivity index is 1.46. The van der Waals surface area contributed by atoms with Gasteiger partial charge in [0.2, 0.25) is 5.91 Å². The van der Waals surface area contributed by atoms with Crippen LogP contribution in [0, 0.1) is 0 Å². The third-order valence-corrected chi connectivity index (χ3v) is 6.89. The monoisotopic (exact) mass is 416 g/mol. The van der Waals surface area contributed by atoms with E-state index in [0.29, 0.717) is 12.6 Å². The van der Waals surface area contributed by atoms with Crippen LogP contribution in [0.3, 0.4) is 0 Å². The third-order valence-electron chi connectivity index (χ3n) is 5.30. The first-order valence-electron chi connectivity index (χ1n) is 9.68. The van der Waals surface area contributed by atoms with Crippen LogP contribution in [0.2, 0.25) is 5.02 Å². The molecule has 0 unspecified atom stereocenters. The van der Waals surface area contributed by atoms with Crippen molar-refractivity contribution in [2.75, 3.05) is 26.0 Å². The summed E-state index contributed by atoms with van der Waals surface area (Å²) in [7, 11) is 1.68. The predicted molar refractivity (Wildman–Crippen MR) is 115 cm³/mol. The quantitative estimate of drug-likeness (QED) is 0.661. The maximum absolute atomic E-state index is 13.2. The van der Waals surface area contributed by atoms with Crippen LogP contribution in [0.4, 0.5) is 0 Å². The van der Waals surface area contributed by atoms with Crippen molar-refractivity contribution in [3.05, 3.63) is 64.7 Å². The number of halogens is 1. The van der Waals surface area contributed by atoms with Gasteiger partial charge >= 0.3 is 0 Å². The van der Waals surface area contributed by atoms with Gasteiger partial charge in [0.1, 0.15) is 11.1 Å². The summed E-state index contributed by atoms with van der Waals surface area (Å²) in [6, 6.07) is 16.5. The largest absolute Gasteiger partial charge is 0.497 e. The van der Waals surface area contributed by atoms with Crippen molar-refractivity contribution >= 4 is 29.3 Å². The molecule has 0 spiro atoms. The highest BCUT2D eigenvalue weighted by Crippen LogP contribution is 2.41. The standard InChI is InChI=1S/C22H25ClN2O2S/c1-27-18-6-4-5-16(13-18)14-24(17-9-10-17)15-21(26)25-11-12-28-22(25)19-7-2-3-8-20(19)23/h2-8,13,17,22H,9-12,14-15H2,1H3/t22-/m0/s1. The number of hydrogen-bond donors (Lipinski definition) is 0. The van der Waals surface area contributed by atoms with E-state index >= 15 is 0 Å². The molecule has 1 saturated heterocycles. The molecular weight excluding hydrogens is 392 g/mol. The Morgan fingerprint density at radius 3 is 2.82 bits per heavy atom. The first-order chi connectivity index (χ1) is 13.7. The van der Waals surface area contributed by atoms with Gasteiger partial charge in [0.05, 0.1) is 13.7 Å². The predicted octanol–water partition coefficient (Wildman–Crippen LogP) is 4.59. The number of rotatable bonds is 7. The maximum Gasteiger partial charge on any atom is 0.237 e. The molecule has 148 valence electrons. The van der Waals surface area contributed by atoms with Crippen molar-refractivity contribution in [2.45, 2.75) is 30.8 Å². The number of amides is 1. The molecule has 2 aromatic rings. The lowest BCUT2D eigenvalue weighted by Gasteiger charge is -2.29. The second-order valence-electron chi connectivity index (χ2n) is 7.32. The number of nitrogens with zero attached hydrogens (tertiary/aromatic N) is 2. The molecule has 1 heterocycles. The summed E-state index contributed by atoms with van der Waals surface area (Å²) in [6.45, 7) is 1.99. The first kappa shape index (κ1) is 19.6. The van der Waals surface area contributed by atoms with Gasteiger partial charge < -0.3 is 9.64 Å². The van der Waals surface area contributed by atoms with Crippen molar-refractivity contribution in [3.63, 3.8) is 0 Å². The molecule has 2 fully saturated rings. The summed E-state index contributed by atoms with van der Waals surface area (Å²) in [5.41, 5.74) is 2.21. The number of hydrogen-bond acceptors (Lipinski definition) is 4. The summed E-state index contributed by atoms with van der Waals surface area (Å²) >= 11 is 8.19. The van der Waals surface area contributed by atoms with Crippen molar-refractivity contribution in [1.29, 1.82) is 0 Å². The molecule has 0 N–H and O–H groups in total.